The highest BCUT2D eigenvalue weighted by molar-refractivity contribution is 5.64. The van der Waals surface area contributed by atoms with E-state index in [1.165, 1.54) is 12.1 Å². The Morgan fingerprint density at radius 1 is 1.41 bits per heavy atom. The molecule has 3 nitrogen and oxygen atoms in total. The maximum Gasteiger partial charge on any atom is 0.123 e. The van der Waals surface area contributed by atoms with Crippen molar-refractivity contribution in [1.29, 1.82) is 0 Å². The predicted molar refractivity (Wildman–Crippen MR) is 66.1 cm³/mol. The Kier molecular flexibility index (Phi) is 3.24. The zero-order valence-electron chi connectivity index (χ0n) is 10.3. The molecule has 0 radical (unpaired) electrons. The Labute approximate surface area is 100 Å². The Hall–Kier alpha value is -1.68. The van der Waals surface area contributed by atoms with E-state index in [0.29, 0.717) is 0 Å². The van der Waals surface area contributed by atoms with E-state index in [9.17, 15) is 4.39 Å². The largest absolute Gasteiger partial charge is 0.314 e. The first-order valence-electron chi connectivity index (χ1n) is 5.56. The standard InChI is InChI=1S/C13H16FN3/c1-9-12(8-15-2)16-17(3)13(9)10-5-4-6-11(14)7-10/h4-7,15H,8H2,1-3H3. The molecule has 1 aromatic heterocycles. The Morgan fingerprint density at radius 3 is 2.82 bits per heavy atom. The first kappa shape index (κ1) is 11.8. The van der Waals surface area contributed by atoms with Gasteiger partial charge in [-0.05, 0) is 31.7 Å². The molecule has 2 aromatic rings. The third-order valence-corrected chi connectivity index (χ3v) is 2.82. The third-order valence-electron chi connectivity index (χ3n) is 2.82. The van der Waals surface area contributed by atoms with E-state index in [0.717, 1.165) is 29.1 Å². The van der Waals surface area contributed by atoms with E-state index >= 15 is 0 Å². The lowest BCUT2D eigenvalue weighted by atomic mass is 10.1. The predicted octanol–water partition coefficient (Wildman–Crippen LogP) is 2.25. The molecule has 2 rings (SSSR count). The van der Waals surface area contributed by atoms with Gasteiger partial charge in [0.1, 0.15) is 5.82 Å². The van der Waals surface area contributed by atoms with Crippen LogP contribution in [0.1, 0.15) is 11.3 Å². The van der Waals surface area contributed by atoms with Gasteiger partial charge in [-0.25, -0.2) is 4.39 Å². The molecule has 0 saturated carbocycles. The maximum absolute atomic E-state index is 13.2. The fourth-order valence-corrected chi connectivity index (χ4v) is 2.06. The number of halogens is 1. The molecule has 90 valence electrons. The van der Waals surface area contributed by atoms with Crippen molar-refractivity contribution in [2.24, 2.45) is 7.05 Å². The zero-order valence-corrected chi connectivity index (χ0v) is 10.3. The topological polar surface area (TPSA) is 29.9 Å². The number of hydrogen-bond donors (Lipinski definition) is 1. The van der Waals surface area contributed by atoms with Gasteiger partial charge in [-0.1, -0.05) is 12.1 Å². The number of aryl methyl sites for hydroxylation is 1. The number of hydrogen-bond acceptors (Lipinski definition) is 2. The molecular weight excluding hydrogens is 217 g/mol. The fraction of sp³-hybridized carbons (Fsp3) is 0.308. The summed E-state index contributed by atoms with van der Waals surface area (Å²) in [4.78, 5) is 0. The second-order valence-corrected chi connectivity index (χ2v) is 4.08. The fourth-order valence-electron chi connectivity index (χ4n) is 2.06. The molecule has 1 aromatic carbocycles. The Balaban J connectivity index is 2.52. The molecular formula is C13H16FN3. The molecule has 0 spiro atoms. The van der Waals surface area contributed by atoms with Crippen molar-refractivity contribution in [3.8, 4) is 11.3 Å². The number of nitrogens with zero attached hydrogens (tertiary/aromatic N) is 2. The average molecular weight is 233 g/mol. The second kappa shape index (κ2) is 4.67. The van der Waals surface area contributed by atoms with Crippen LogP contribution in [0.4, 0.5) is 4.39 Å². The summed E-state index contributed by atoms with van der Waals surface area (Å²) >= 11 is 0. The van der Waals surface area contributed by atoms with Crippen LogP contribution >= 0.6 is 0 Å². The van der Waals surface area contributed by atoms with Gasteiger partial charge in [-0.3, -0.25) is 4.68 Å². The number of benzene rings is 1. The van der Waals surface area contributed by atoms with Crippen LogP contribution in [0, 0.1) is 12.7 Å². The first-order valence-corrected chi connectivity index (χ1v) is 5.56. The summed E-state index contributed by atoms with van der Waals surface area (Å²) in [6, 6.07) is 6.60. The average Bonchev–Trinajstić information content (AvgIpc) is 2.55. The van der Waals surface area contributed by atoms with Crippen LogP contribution in [0.15, 0.2) is 24.3 Å². The lowest BCUT2D eigenvalue weighted by Gasteiger charge is -2.04. The van der Waals surface area contributed by atoms with Gasteiger partial charge in [0.05, 0.1) is 11.4 Å². The zero-order chi connectivity index (χ0) is 12.4. The van der Waals surface area contributed by atoms with Crippen LogP contribution in [0.25, 0.3) is 11.3 Å². The highest BCUT2D eigenvalue weighted by Gasteiger charge is 2.13. The molecule has 0 saturated heterocycles. The van der Waals surface area contributed by atoms with Gasteiger partial charge in [0, 0.05) is 19.2 Å². The van der Waals surface area contributed by atoms with E-state index in [4.69, 9.17) is 0 Å². The lowest BCUT2D eigenvalue weighted by molar-refractivity contribution is 0.628. The number of rotatable bonds is 3. The lowest BCUT2D eigenvalue weighted by Crippen LogP contribution is -2.06. The quantitative estimate of drug-likeness (QED) is 0.881. The van der Waals surface area contributed by atoms with Gasteiger partial charge in [-0.2, -0.15) is 5.10 Å². The highest BCUT2D eigenvalue weighted by Crippen LogP contribution is 2.25. The monoisotopic (exact) mass is 233 g/mol. The molecule has 0 fully saturated rings. The first-order chi connectivity index (χ1) is 8.13. The van der Waals surface area contributed by atoms with E-state index in [1.807, 2.05) is 27.1 Å². The summed E-state index contributed by atoms with van der Waals surface area (Å²) in [5.74, 6) is -0.224. The van der Waals surface area contributed by atoms with Crippen LogP contribution in [-0.4, -0.2) is 16.8 Å². The van der Waals surface area contributed by atoms with Crippen molar-refractivity contribution in [1.82, 2.24) is 15.1 Å². The molecule has 0 amide bonds. The van der Waals surface area contributed by atoms with E-state index in [1.54, 1.807) is 10.7 Å². The van der Waals surface area contributed by atoms with Crippen molar-refractivity contribution in [2.75, 3.05) is 7.05 Å². The summed E-state index contributed by atoms with van der Waals surface area (Å²) in [5, 5.41) is 7.52. The Morgan fingerprint density at radius 2 is 2.18 bits per heavy atom. The maximum atomic E-state index is 13.2. The second-order valence-electron chi connectivity index (χ2n) is 4.08. The number of aromatic nitrogens is 2. The SMILES string of the molecule is CNCc1nn(C)c(-c2cccc(F)c2)c1C. The molecule has 0 aliphatic rings. The van der Waals surface area contributed by atoms with Crippen LogP contribution in [0.3, 0.4) is 0 Å². The molecule has 0 aliphatic heterocycles. The van der Waals surface area contributed by atoms with Crippen molar-refractivity contribution in [2.45, 2.75) is 13.5 Å². The minimum atomic E-state index is -0.224. The molecule has 1 heterocycles. The highest BCUT2D eigenvalue weighted by atomic mass is 19.1. The Bertz CT molecular complexity index is 531. The van der Waals surface area contributed by atoms with Gasteiger partial charge in [0.2, 0.25) is 0 Å². The van der Waals surface area contributed by atoms with Crippen LogP contribution < -0.4 is 5.32 Å². The van der Waals surface area contributed by atoms with Crippen LogP contribution in [0.2, 0.25) is 0 Å². The van der Waals surface area contributed by atoms with Crippen LogP contribution in [0.5, 0.6) is 0 Å². The van der Waals surface area contributed by atoms with Gasteiger partial charge >= 0.3 is 0 Å². The molecule has 0 unspecified atom stereocenters. The van der Waals surface area contributed by atoms with Crippen molar-refractivity contribution in [3.05, 3.63) is 41.3 Å². The minimum absolute atomic E-state index is 0.224. The summed E-state index contributed by atoms with van der Waals surface area (Å²) in [6.07, 6.45) is 0. The molecule has 0 atom stereocenters. The van der Waals surface area contributed by atoms with Crippen molar-refractivity contribution >= 4 is 0 Å². The summed E-state index contributed by atoms with van der Waals surface area (Å²) in [7, 11) is 3.77. The van der Waals surface area contributed by atoms with E-state index < -0.39 is 0 Å². The van der Waals surface area contributed by atoms with Gasteiger partial charge < -0.3 is 5.32 Å². The number of nitrogens with one attached hydrogen (secondary N) is 1. The van der Waals surface area contributed by atoms with E-state index in [-0.39, 0.29) is 5.82 Å². The summed E-state index contributed by atoms with van der Waals surface area (Å²) < 4.78 is 15.0. The van der Waals surface area contributed by atoms with Crippen molar-refractivity contribution < 1.29 is 4.39 Å². The normalized spacial score (nSPS) is 10.8. The molecule has 1 N–H and O–H groups in total. The smallest absolute Gasteiger partial charge is 0.123 e. The summed E-state index contributed by atoms with van der Waals surface area (Å²) in [5.41, 5.74) is 3.91. The third kappa shape index (κ3) is 2.22. The van der Waals surface area contributed by atoms with E-state index in [2.05, 4.69) is 10.4 Å². The van der Waals surface area contributed by atoms with Gasteiger partial charge in [0.25, 0.3) is 0 Å². The van der Waals surface area contributed by atoms with Crippen LogP contribution in [-0.2, 0) is 13.6 Å². The van der Waals surface area contributed by atoms with Gasteiger partial charge in [-0.15, -0.1) is 0 Å². The molecule has 4 heteroatoms. The molecule has 17 heavy (non-hydrogen) atoms. The van der Waals surface area contributed by atoms with Gasteiger partial charge in [0.15, 0.2) is 0 Å². The summed E-state index contributed by atoms with van der Waals surface area (Å²) in [6.45, 7) is 2.73. The minimum Gasteiger partial charge on any atom is -0.314 e. The van der Waals surface area contributed by atoms with Crippen molar-refractivity contribution in [3.63, 3.8) is 0 Å². The molecule has 0 aliphatic carbocycles. The molecule has 0 bridgehead atoms.